The summed E-state index contributed by atoms with van der Waals surface area (Å²) in [5.41, 5.74) is 0.843. The number of β-amino-alcohol motifs (C(OH)–C–C–N with tert-alkyl or cyclic N) is 1. The Bertz CT molecular complexity index is 395. The van der Waals surface area contributed by atoms with Gasteiger partial charge in [0, 0.05) is 5.69 Å². The van der Waals surface area contributed by atoms with Crippen molar-refractivity contribution in [1.29, 1.82) is 0 Å². The molecule has 0 bridgehead atoms. The van der Waals surface area contributed by atoms with E-state index in [1.165, 1.54) is 0 Å². The van der Waals surface area contributed by atoms with E-state index < -0.39 is 12.2 Å². The van der Waals surface area contributed by atoms with Crippen LogP contribution in [0.4, 0.5) is 5.69 Å². The van der Waals surface area contributed by atoms with Gasteiger partial charge in [-0.2, -0.15) is 0 Å². The van der Waals surface area contributed by atoms with Crippen molar-refractivity contribution in [2.75, 3.05) is 11.4 Å². The number of anilines is 1. The molecule has 1 aliphatic heterocycles. The van der Waals surface area contributed by atoms with Crippen LogP contribution in [-0.2, 0) is 9.53 Å². The number of hydrogen-bond donors (Lipinski definition) is 1. The van der Waals surface area contributed by atoms with Crippen molar-refractivity contribution in [2.45, 2.75) is 12.2 Å². The van der Waals surface area contributed by atoms with Crippen molar-refractivity contribution < 1.29 is 14.6 Å². The molecule has 84 valence electrons. The smallest absolute Gasteiger partial charge is 0.264 e. The van der Waals surface area contributed by atoms with Crippen LogP contribution in [0.15, 0.2) is 30.3 Å². The van der Waals surface area contributed by atoms with Crippen LogP contribution in [0, 0.1) is 0 Å². The summed E-state index contributed by atoms with van der Waals surface area (Å²) in [6.45, 7) is 0.270. The lowest BCUT2D eigenvalue weighted by Crippen LogP contribution is -2.51. The first-order valence-electron chi connectivity index (χ1n) is 4.89. The largest absolute Gasteiger partial charge is 0.457 e. The SMILES string of the molecule is O=C[C@@H]1OC(=S)N(c2ccccc2)C[C@@H]1O. The molecule has 16 heavy (non-hydrogen) atoms. The number of aldehydes is 1. The van der Waals surface area contributed by atoms with E-state index >= 15 is 0 Å². The van der Waals surface area contributed by atoms with Gasteiger partial charge in [0.05, 0.1) is 6.54 Å². The monoisotopic (exact) mass is 237 g/mol. The molecule has 1 aromatic carbocycles. The van der Waals surface area contributed by atoms with E-state index in [1.807, 2.05) is 30.3 Å². The van der Waals surface area contributed by atoms with Crippen LogP contribution in [-0.4, -0.2) is 35.3 Å². The molecule has 0 aliphatic carbocycles. The first-order valence-corrected chi connectivity index (χ1v) is 5.30. The Kier molecular flexibility index (Phi) is 3.17. The van der Waals surface area contributed by atoms with E-state index in [0.29, 0.717) is 6.29 Å². The molecule has 1 saturated heterocycles. The van der Waals surface area contributed by atoms with Gasteiger partial charge in [0.15, 0.2) is 12.4 Å². The normalized spacial score (nSPS) is 25.1. The van der Waals surface area contributed by atoms with Gasteiger partial charge in [-0.05, 0) is 24.4 Å². The molecule has 0 aromatic heterocycles. The van der Waals surface area contributed by atoms with Crippen LogP contribution >= 0.6 is 12.2 Å². The molecule has 4 nitrogen and oxygen atoms in total. The number of aliphatic hydroxyl groups excluding tert-OH is 1. The molecule has 2 atom stereocenters. The van der Waals surface area contributed by atoms with E-state index in [-0.39, 0.29) is 11.7 Å². The maximum Gasteiger partial charge on any atom is 0.264 e. The quantitative estimate of drug-likeness (QED) is 0.607. The van der Waals surface area contributed by atoms with Gasteiger partial charge in [-0.25, -0.2) is 0 Å². The Morgan fingerprint density at radius 1 is 1.44 bits per heavy atom. The lowest BCUT2D eigenvalue weighted by atomic mass is 10.1. The third-order valence-corrected chi connectivity index (χ3v) is 2.72. The number of nitrogens with zero attached hydrogens (tertiary/aromatic N) is 1. The number of ether oxygens (including phenoxy) is 1. The molecule has 0 saturated carbocycles. The maximum absolute atomic E-state index is 10.6. The van der Waals surface area contributed by atoms with E-state index in [2.05, 4.69) is 0 Å². The van der Waals surface area contributed by atoms with E-state index in [4.69, 9.17) is 17.0 Å². The van der Waals surface area contributed by atoms with E-state index in [0.717, 1.165) is 5.69 Å². The zero-order chi connectivity index (χ0) is 11.5. The topological polar surface area (TPSA) is 49.8 Å². The Balaban J connectivity index is 2.19. The molecule has 2 rings (SSSR count). The molecule has 1 N–H and O–H groups in total. The van der Waals surface area contributed by atoms with Crippen molar-refractivity contribution in [1.82, 2.24) is 0 Å². The number of carbonyl (C=O) groups is 1. The number of rotatable bonds is 2. The van der Waals surface area contributed by atoms with E-state index in [1.54, 1.807) is 4.90 Å². The highest BCUT2D eigenvalue weighted by molar-refractivity contribution is 7.80. The van der Waals surface area contributed by atoms with Gasteiger partial charge < -0.3 is 14.7 Å². The first kappa shape index (κ1) is 11.0. The number of thiocarbonyl (C=S) groups is 1. The van der Waals surface area contributed by atoms with Crippen molar-refractivity contribution >= 4 is 29.4 Å². The number of carbonyl (C=O) groups excluding carboxylic acids is 1. The van der Waals surface area contributed by atoms with Crippen molar-refractivity contribution in [3.8, 4) is 0 Å². The summed E-state index contributed by atoms with van der Waals surface area (Å²) in [6.07, 6.45) is -1.14. The summed E-state index contributed by atoms with van der Waals surface area (Å²) in [6, 6.07) is 9.36. The molecule has 5 heteroatoms. The van der Waals surface area contributed by atoms with Crippen molar-refractivity contribution in [3.63, 3.8) is 0 Å². The van der Waals surface area contributed by atoms with Gasteiger partial charge in [-0.15, -0.1) is 0 Å². The summed E-state index contributed by atoms with van der Waals surface area (Å²) in [7, 11) is 0. The highest BCUT2D eigenvalue weighted by Gasteiger charge is 2.32. The lowest BCUT2D eigenvalue weighted by Gasteiger charge is -2.35. The Morgan fingerprint density at radius 2 is 2.12 bits per heavy atom. The number of benzene rings is 1. The summed E-state index contributed by atoms with van der Waals surface area (Å²) >= 11 is 5.04. The van der Waals surface area contributed by atoms with Crippen LogP contribution in [0.1, 0.15) is 0 Å². The van der Waals surface area contributed by atoms with Crippen molar-refractivity contribution in [2.24, 2.45) is 0 Å². The molecule has 0 unspecified atom stereocenters. The summed E-state index contributed by atoms with van der Waals surface area (Å²) in [5.74, 6) is 0. The number of hydrogen-bond acceptors (Lipinski definition) is 4. The standard InChI is InChI=1S/C11H11NO3S/c13-7-10-9(14)6-12(11(16)15-10)8-4-2-1-3-5-8/h1-5,7,9-10,14H,6H2/t9-,10-/m0/s1. The second-order valence-corrected chi connectivity index (χ2v) is 3.85. The molecule has 1 aliphatic rings. The van der Waals surface area contributed by atoms with Crippen LogP contribution in [0.3, 0.4) is 0 Å². The highest BCUT2D eigenvalue weighted by atomic mass is 32.1. The fourth-order valence-corrected chi connectivity index (χ4v) is 1.85. The van der Waals surface area contributed by atoms with Gasteiger partial charge in [0.2, 0.25) is 0 Å². The molecular formula is C11H11NO3S. The van der Waals surface area contributed by atoms with Gasteiger partial charge in [0.1, 0.15) is 6.10 Å². The van der Waals surface area contributed by atoms with Crippen LogP contribution in [0.5, 0.6) is 0 Å². The molecule has 1 fully saturated rings. The Hall–Kier alpha value is -1.46. The minimum atomic E-state index is -0.857. The van der Waals surface area contributed by atoms with E-state index in [9.17, 15) is 9.90 Å². The minimum absolute atomic E-state index is 0.216. The molecule has 0 radical (unpaired) electrons. The predicted octanol–water partition coefficient (Wildman–Crippen LogP) is 0.736. The lowest BCUT2D eigenvalue weighted by molar-refractivity contribution is -0.119. The Morgan fingerprint density at radius 3 is 2.75 bits per heavy atom. The zero-order valence-corrected chi connectivity index (χ0v) is 9.26. The fraction of sp³-hybridized carbons (Fsp3) is 0.273. The molecule has 0 amide bonds. The van der Waals surface area contributed by atoms with Crippen molar-refractivity contribution in [3.05, 3.63) is 30.3 Å². The maximum atomic E-state index is 10.6. The fourth-order valence-electron chi connectivity index (χ4n) is 1.56. The number of aliphatic hydroxyl groups is 1. The van der Waals surface area contributed by atoms with Gasteiger partial charge in [-0.1, -0.05) is 18.2 Å². The second-order valence-electron chi connectivity index (χ2n) is 3.50. The first-order chi connectivity index (χ1) is 7.72. The zero-order valence-electron chi connectivity index (χ0n) is 8.45. The summed E-state index contributed by atoms with van der Waals surface area (Å²) < 4.78 is 5.15. The predicted molar refractivity (Wildman–Crippen MR) is 63.3 cm³/mol. The third-order valence-electron chi connectivity index (χ3n) is 2.41. The average molecular weight is 237 g/mol. The summed E-state index contributed by atoms with van der Waals surface area (Å²) in [5, 5.41) is 9.88. The minimum Gasteiger partial charge on any atom is -0.457 e. The second kappa shape index (κ2) is 4.59. The molecular weight excluding hydrogens is 226 g/mol. The average Bonchev–Trinajstić information content (AvgIpc) is 2.32. The van der Waals surface area contributed by atoms with Gasteiger partial charge in [-0.3, -0.25) is 4.79 Å². The van der Waals surface area contributed by atoms with Crippen LogP contribution < -0.4 is 4.90 Å². The van der Waals surface area contributed by atoms with Gasteiger partial charge >= 0.3 is 0 Å². The molecule has 1 aromatic rings. The Labute approximate surface area is 98.4 Å². The van der Waals surface area contributed by atoms with Gasteiger partial charge in [0.25, 0.3) is 5.17 Å². The van der Waals surface area contributed by atoms with Crippen LogP contribution in [0.2, 0.25) is 0 Å². The van der Waals surface area contributed by atoms with Crippen LogP contribution in [0.25, 0.3) is 0 Å². The molecule has 1 heterocycles. The third kappa shape index (κ3) is 2.05. The molecule has 0 spiro atoms. The highest BCUT2D eigenvalue weighted by Crippen LogP contribution is 2.20. The summed E-state index contributed by atoms with van der Waals surface area (Å²) in [4.78, 5) is 12.3. The number of para-hydroxylation sites is 1.